The summed E-state index contributed by atoms with van der Waals surface area (Å²) in [5, 5.41) is -1.69. The Bertz CT molecular complexity index is 1080. The molecule has 0 saturated carbocycles. The minimum Gasteiger partial charge on any atom is -0.468 e. The van der Waals surface area contributed by atoms with E-state index in [0.29, 0.717) is 11.1 Å². The quantitative estimate of drug-likeness (QED) is 0.548. The molecule has 2 aromatic carbocycles. The maximum Gasteiger partial charge on any atom is 0.324 e. The van der Waals surface area contributed by atoms with Crippen molar-refractivity contribution in [1.29, 1.82) is 0 Å². The lowest BCUT2D eigenvalue weighted by molar-refractivity contribution is -0.145. The number of amides is 2. The number of esters is 1. The number of carbonyl (C=O) groups is 3. The second-order valence-electron chi connectivity index (χ2n) is 7.40. The molecule has 3 atom stereocenters. The van der Waals surface area contributed by atoms with Crippen molar-refractivity contribution in [2.45, 2.75) is 17.1 Å². The average molecular weight is 428 g/mol. The smallest absolute Gasteiger partial charge is 0.324 e. The first-order valence-electron chi connectivity index (χ1n) is 9.34. The van der Waals surface area contributed by atoms with Gasteiger partial charge in [-0.05, 0) is 11.1 Å². The molecule has 2 saturated heterocycles. The molecule has 2 amide bonds. The summed E-state index contributed by atoms with van der Waals surface area (Å²) in [5.41, 5.74) is 3.78. The summed E-state index contributed by atoms with van der Waals surface area (Å²) in [7, 11) is -2.99. The van der Waals surface area contributed by atoms with Crippen LogP contribution in [0.5, 0.6) is 0 Å². The molecule has 0 bridgehead atoms. The lowest BCUT2D eigenvalue weighted by atomic mass is 9.60. The van der Waals surface area contributed by atoms with Gasteiger partial charge in [0.05, 0.1) is 12.9 Å². The molecule has 156 valence electrons. The molecule has 2 N–H and O–H groups in total. The van der Waals surface area contributed by atoms with Gasteiger partial charge in [-0.15, -0.1) is 0 Å². The van der Waals surface area contributed by atoms with Crippen LogP contribution in [0.3, 0.4) is 0 Å². The fourth-order valence-electron chi connectivity index (χ4n) is 4.69. The zero-order valence-corrected chi connectivity index (χ0v) is 16.9. The summed E-state index contributed by atoms with van der Waals surface area (Å²) >= 11 is 0. The Balaban J connectivity index is 2.06. The van der Waals surface area contributed by atoms with E-state index in [1.54, 1.807) is 60.7 Å². The van der Waals surface area contributed by atoms with Gasteiger partial charge in [-0.25, -0.2) is 8.42 Å². The number of methoxy groups -OCH3 is 1. The average Bonchev–Trinajstić information content (AvgIpc) is 3.04. The third-order valence-corrected chi connectivity index (χ3v) is 8.00. The van der Waals surface area contributed by atoms with Crippen LogP contribution in [0.25, 0.3) is 0 Å². The number of nitrogens with one attached hydrogen (secondary N) is 2. The number of ether oxygens (including phenoxy) is 1. The molecule has 2 aliphatic rings. The molecule has 4 rings (SSSR count). The predicted octanol–water partition coefficient (Wildman–Crippen LogP) is 0.671. The largest absolute Gasteiger partial charge is 0.468 e. The highest BCUT2D eigenvalue weighted by molar-refractivity contribution is 7.92. The molecule has 2 heterocycles. The minimum atomic E-state index is -4.07. The Morgan fingerprint density at radius 3 is 1.93 bits per heavy atom. The molecule has 0 aliphatic carbocycles. The van der Waals surface area contributed by atoms with Crippen molar-refractivity contribution in [2.24, 2.45) is 5.41 Å². The maximum absolute atomic E-state index is 13.3. The lowest BCUT2D eigenvalue weighted by Crippen LogP contribution is -2.60. The van der Waals surface area contributed by atoms with Gasteiger partial charge in [0, 0.05) is 11.8 Å². The van der Waals surface area contributed by atoms with Gasteiger partial charge >= 0.3 is 5.97 Å². The van der Waals surface area contributed by atoms with Gasteiger partial charge in [-0.3, -0.25) is 25.2 Å². The van der Waals surface area contributed by atoms with E-state index in [1.807, 2.05) is 0 Å². The molecule has 2 aromatic rings. The Kier molecular flexibility index (Phi) is 4.85. The molecule has 2 aliphatic heterocycles. The van der Waals surface area contributed by atoms with Crippen LogP contribution < -0.4 is 10.9 Å². The van der Waals surface area contributed by atoms with Crippen molar-refractivity contribution in [3.63, 3.8) is 0 Å². The van der Waals surface area contributed by atoms with E-state index in [0.717, 1.165) is 7.11 Å². The van der Waals surface area contributed by atoms with Crippen molar-refractivity contribution < 1.29 is 27.5 Å². The topological polar surface area (TPSA) is 119 Å². The summed E-state index contributed by atoms with van der Waals surface area (Å²) in [6.45, 7) is 0. The summed E-state index contributed by atoms with van der Waals surface area (Å²) < 4.78 is 31.5. The highest BCUT2D eigenvalue weighted by atomic mass is 32.2. The van der Waals surface area contributed by atoms with Crippen LogP contribution in [0.1, 0.15) is 23.0 Å². The van der Waals surface area contributed by atoms with E-state index in [2.05, 4.69) is 10.9 Å². The number of benzene rings is 2. The summed E-state index contributed by atoms with van der Waals surface area (Å²) in [6.07, 6.45) is 0. The third kappa shape index (κ3) is 2.80. The first-order chi connectivity index (χ1) is 14.3. The fraction of sp³-hybridized carbons (Fsp3) is 0.286. The molecule has 2 fully saturated rings. The number of carbonyl (C=O) groups excluding carboxylic acids is 3. The molecule has 9 heteroatoms. The SMILES string of the molecule is COC(=O)[C@H]1[C@H](c2ccccc2)C2(C(=O)NNC2=O)[C@H](c2ccccc2)CS1(=O)=O. The zero-order valence-electron chi connectivity index (χ0n) is 16.1. The van der Waals surface area contributed by atoms with Gasteiger partial charge in [0.1, 0.15) is 5.41 Å². The van der Waals surface area contributed by atoms with Gasteiger partial charge in [-0.2, -0.15) is 0 Å². The monoisotopic (exact) mass is 428 g/mol. The van der Waals surface area contributed by atoms with Crippen molar-refractivity contribution in [2.75, 3.05) is 12.9 Å². The lowest BCUT2D eigenvalue weighted by Gasteiger charge is -2.46. The van der Waals surface area contributed by atoms with Crippen molar-refractivity contribution in [1.82, 2.24) is 10.9 Å². The molecular weight excluding hydrogens is 408 g/mol. The van der Waals surface area contributed by atoms with Crippen LogP contribution in [0.15, 0.2) is 60.7 Å². The van der Waals surface area contributed by atoms with E-state index in [4.69, 9.17) is 4.74 Å². The molecule has 0 unspecified atom stereocenters. The number of hydrogen-bond donors (Lipinski definition) is 2. The highest BCUT2D eigenvalue weighted by Crippen LogP contribution is 2.56. The minimum absolute atomic E-state index is 0.393. The zero-order chi connectivity index (χ0) is 21.5. The Morgan fingerprint density at radius 2 is 1.43 bits per heavy atom. The first kappa shape index (κ1) is 20.1. The van der Waals surface area contributed by atoms with Crippen LogP contribution >= 0.6 is 0 Å². The summed E-state index contributed by atoms with van der Waals surface area (Å²) in [6, 6.07) is 16.8. The van der Waals surface area contributed by atoms with E-state index >= 15 is 0 Å². The molecule has 0 aromatic heterocycles. The predicted molar refractivity (Wildman–Crippen MR) is 107 cm³/mol. The number of sulfone groups is 1. The summed E-state index contributed by atoms with van der Waals surface area (Å²) in [5.74, 6) is -5.13. The molecule has 8 nitrogen and oxygen atoms in total. The van der Waals surface area contributed by atoms with Crippen LogP contribution in [-0.4, -0.2) is 44.3 Å². The second-order valence-corrected chi connectivity index (χ2v) is 9.57. The Hall–Kier alpha value is -3.20. The number of rotatable bonds is 3. The fourth-order valence-corrected chi connectivity index (χ4v) is 7.00. The van der Waals surface area contributed by atoms with Crippen molar-refractivity contribution in [3.05, 3.63) is 71.8 Å². The Morgan fingerprint density at radius 1 is 0.933 bits per heavy atom. The maximum atomic E-state index is 13.3. The van der Waals surface area contributed by atoms with Gasteiger partial charge < -0.3 is 4.74 Å². The number of hydrogen-bond acceptors (Lipinski definition) is 6. The van der Waals surface area contributed by atoms with E-state index < -0.39 is 55.9 Å². The van der Waals surface area contributed by atoms with E-state index in [9.17, 15) is 22.8 Å². The van der Waals surface area contributed by atoms with Gasteiger partial charge in [-0.1, -0.05) is 60.7 Å². The van der Waals surface area contributed by atoms with Gasteiger partial charge in [0.15, 0.2) is 15.1 Å². The standard InChI is InChI=1S/C21H20N2O6S/c1-29-18(24)17-16(14-10-6-3-7-11-14)21(19(25)22-23-20(21)26)15(12-30(17,27)28)13-8-4-2-5-9-13/h2-11,15-17H,12H2,1H3,(H,22,25)(H,23,26)/t15-,16-,17+/m0/s1. The van der Waals surface area contributed by atoms with Crippen LogP contribution in [0.2, 0.25) is 0 Å². The Labute approximate surface area is 173 Å². The molecular formula is C21H20N2O6S. The van der Waals surface area contributed by atoms with Crippen LogP contribution in [0, 0.1) is 5.41 Å². The summed E-state index contributed by atoms with van der Waals surface area (Å²) in [4.78, 5) is 39.2. The third-order valence-electron chi connectivity index (χ3n) is 5.96. The molecule has 1 spiro atoms. The highest BCUT2D eigenvalue weighted by Gasteiger charge is 2.70. The molecule has 0 radical (unpaired) electrons. The van der Waals surface area contributed by atoms with Gasteiger partial charge in [0.25, 0.3) is 11.8 Å². The molecule has 30 heavy (non-hydrogen) atoms. The van der Waals surface area contributed by atoms with Crippen LogP contribution in [-0.2, 0) is 29.0 Å². The van der Waals surface area contributed by atoms with E-state index in [1.165, 1.54) is 0 Å². The normalized spacial score (nSPS) is 26.6. The van der Waals surface area contributed by atoms with Crippen molar-refractivity contribution in [3.8, 4) is 0 Å². The van der Waals surface area contributed by atoms with E-state index in [-0.39, 0.29) is 0 Å². The van der Waals surface area contributed by atoms with Gasteiger partial charge in [0.2, 0.25) is 0 Å². The van der Waals surface area contributed by atoms with Crippen LogP contribution in [0.4, 0.5) is 0 Å². The first-order valence-corrected chi connectivity index (χ1v) is 11.1. The van der Waals surface area contributed by atoms with Crippen molar-refractivity contribution >= 4 is 27.6 Å². The second kappa shape index (κ2) is 7.24. The number of hydrazine groups is 1.